The van der Waals surface area contributed by atoms with Crippen molar-refractivity contribution in [3.63, 3.8) is 0 Å². The van der Waals surface area contributed by atoms with Crippen LogP contribution >= 0.6 is 0 Å². The summed E-state index contributed by atoms with van der Waals surface area (Å²) in [7, 11) is 7.93. The van der Waals surface area contributed by atoms with Gasteiger partial charge in [-0.3, -0.25) is 4.79 Å². The van der Waals surface area contributed by atoms with Crippen LogP contribution in [0.5, 0.6) is 28.7 Å². The molecule has 0 unspecified atom stereocenters. The van der Waals surface area contributed by atoms with E-state index in [0.29, 0.717) is 53.1 Å². The van der Waals surface area contributed by atoms with Gasteiger partial charge in [-0.25, -0.2) is 4.68 Å². The Balaban J connectivity index is 1.61. The number of ether oxygens (including phenoxy) is 5. The standard InChI is InChI=1S/C26H28N4O6/c1-32-16-6-7-20(33-2)17(12-16)24-23-18(29-26-27-13-28-30(24)26)8-14(9-19(23)31)15-10-21(34-3)25(36-5)22(11-15)35-4/h6-7,10-14,24H,8-9H2,1-5H3,(H,27,28,29)/t14-,24-/m1/s1. The third-order valence-corrected chi connectivity index (χ3v) is 6.75. The molecular weight excluding hydrogens is 464 g/mol. The Hall–Kier alpha value is -4.21. The van der Waals surface area contributed by atoms with E-state index >= 15 is 0 Å². The molecular formula is C26H28N4O6. The van der Waals surface area contributed by atoms with Crippen LogP contribution in [0.15, 0.2) is 47.9 Å². The minimum Gasteiger partial charge on any atom is -0.497 e. The van der Waals surface area contributed by atoms with Crippen LogP contribution in [-0.4, -0.2) is 56.1 Å². The van der Waals surface area contributed by atoms with Crippen molar-refractivity contribution in [2.24, 2.45) is 0 Å². The molecule has 2 atom stereocenters. The molecule has 0 saturated heterocycles. The molecule has 10 heteroatoms. The molecule has 5 rings (SSSR count). The molecule has 2 aromatic carbocycles. The number of carbonyl (C=O) groups is 1. The van der Waals surface area contributed by atoms with Crippen molar-refractivity contribution in [1.82, 2.24) is 14.8 Å². The Morgan fingerprint density at radius 3 is 2.25 bits per heavy atom. The van der Waals surface area contributed by atoms with Crippen molar-refractivity contribution < 1.29 is 28.5 Å². The van der Waals surface area contributed by atoms with Gasteiger partial charge in [0.1, 0.15) is 23.9 Å². The normalized spacial score (nSPS) is 18.6. The lowest BCUT2D eigenvalue weighted by molar-refractivity contribution is -0.116. The van der Waals surface area contributed by atoms with Crippen molar-refractivity contribution in [2.45, 2.75) is 24.8 Å². The van der Waals surface area contributed by atoms with Crippen LogP contribution in [0.4, 0.5) is 5.95 Å². The van der Waals surface area contributed by atoms with Gasteiger partial charge in [0.15, 0.2) is 17.3 Å². The van der Waals surface area contributed by atoms with Gasteiger partial charge in [-0.2, -0.15) is 10.1 Å². The summed E-state index contributed by atoms with van der Waals surface area (Å²) >= 11 is 0. The molecule has 1 N–H and O–H groups in total. The molecule has 10 nitrogen and oxygen atoms in total. The minimum absolute atomic E-state index is 0.0125. The number of rotatable bonds is 7. The maximum Gasteiger partial charge on any atom is 0.226 e. The number of hydrogen-bond donors (Lipinski definition) is 1. The van der Waals surface area contributed by atoms with Gasteiger partial charge in [0.2, 0.25) is 11.7 Å². The topological polar surface area (TPSA) is 106 Å². The number of nitrogens with zero attached hydrogens (tertiary/aromatic N) is 3. The van der Waals surface area contributed by atoms with E-state index in [-0.39, 0.29) is 11.7 Å². The fraction of sp³-hybridized carbons (Fsp3) is 0.346. The van der Waals surface area contributed by atoms with Gasteiger partial charge in [0, 0.05) is 23.3 Å². The van der Waals surface area contributed by atoms with Gasteiger partial charge in [0.25, 0.3) is 0 Å². The summed E-state index contributed by atoms with van der Waals surface area (Å²) in [6.07, 6.45) is 2.38. The first-order chi connectivity index (χ1) is 17.5. The molecule has 0 amide bonds. The first-order valence-electron chi connectivity index (χ1n) is 11.5. The van der Waals surface area contributed by atoms with Gasteiger partial charge >= 0.3 is 0 Å². The number of hydrogen-bond acceptors (Lipinski definition) is 9. The summed E-state index contributed by atoms with van der Waals surface area (Å²) in [5, 5.41) is 7.77. The van der Waals surface area contributed by atoms with Crippen LogP contribution < -0.4 is 29.0 Å². The van der Waals surface area contributed by atoms with E-state index in [1.807, 2.05) is 30.3 Å². The Morgan fingerprint density at radius 2 is 1.61 bits per heavy atom. The highest BCUT2D eigenvalue weighted by atomic mass is 16.5. The number of allylic oxidation sites excluding steroid dienone is 2. The van der Waals surface area contributed by atoms with Gasteiger partial charge in [-0.1, -0.05) is 0 Å². The Morgan fingerprint density at radius 1 is 0.889 bits per heavy atom. The third kappa shape index (κ3) is 3.78. The van der Waals surface area contributed by atoms with E-state index in [1.54, 1.807) is 40.2 Å². The molecule has 1 aromatic heterocycles. The van der Waals surface area contributed by atoms with E-state index in [0.717, 1.165) is 16.8 Å². The number of fused-ring (bicyclic) bond motifs is 1. The Labute approximate surface area is 208 Å². The van der Waals surface area contributed by atoms with Crippen molar-refractivity contribution in [3.05, 3.63) is 59.1 Å². The highest BCUT2D eigenvalue weighted by Gasteiger charge is 2.40. The van der Waals surface area contributed by atoms with Crippen LogP contribution in [0.2, 0.25) is 0 Å². The van der Waals surface area contributed by atoms with Crippen molar-refractivity contribution in [2.75, 3.05) is 40.9 Å². The molecule has 1 aliphatic carbocycles. The number of aromatic nitrogens is 3. The number of Topliss-reactive ketones (excluding diaryl/α,β-unsaturated/α-hetero) is 1. The van der Waals surface area contributed by atoms with E-state index in [9.17, 15) is 4.79 Å². The second kappa shape index (κ2) is 9.44. The predicted molar refractivity (Wildman–Crippen MR) is 131 cm³/mol. The van der Waals surface area contributed by atoms with Crippen molar-refractivity contribution in [1.29, 1.82) is 0 Å². The second-order valence-electron chi connectivity index (χ2n) is 8.54. The Bertz CT molecular complexity index is 1320. The number of ketones is 1. The molecule has 1 aliphatic heterocycles. The van der Waals surface area contributed by atoms with Crippen LogP contribution in [0, 0.1) is 0 Å². The lowest BCUT2D eigenvalue weighted by Crippen LogP contribution is -2.33. The van der Waals surface area contributed by atoms with Gasteiger partial charge in [-0.05, 0) is 48.2 Å². The molecule has 2 heterocycles. The Kier molecular flexibility index (Phi) is 6.17. The SMILES string of the molecule is COc1ccc(OC)c([C@@H]2C3=C(C[C@@H](c4cc(OC)c(OC)c(OC)c4)CC3=O)Nc3ncnn32)c1. The summed E-state index contributed by atoms with van der Waals surface area (Å²) in [5.41, 5.74) is 3.15. The van der Waals surface area contributed by atoms with Crippen LogP contribution in [0.3, 0.4) is 0 Å². The lowest BCUT2D eigenvalue weighted by Gasteiger charge is -2.35. The molecule has 2 aliphatic rings. The van der Waals surface area contributed by atoms with E-state index in [4.69, 9.17) is 23.7 Å². The highest BCUT2D eigenvalue weighted by molar-refractivity contribution is 6.00. The zero-order valence-electron chi connectivity index (χ0n) is 20.8. The molecule has 0 bridgehead atoms. The zero-order valence-corrected chi connectivity index (χ0v) is 20.8. The smallest absolute Gasteiger partial charge is 0.226 e. The number of methoxy groups -OCH3 is 5. The molecule has 0 spiro atoms. The molecule has 3 aromatic rings. The maximum atomic E-state index is 13.8. The summed E-state index contributed by atoms with van der Waals surface area (Å²) in [5.74, 6) is 3.38. The first kappa shape index (κ1) is 23.5. The summed E-state index contributed by atoms with van der Waals surface area (Å²) in [4.78, 5) is 18.2. The van der Waals surface area contributed by atoms with Crippen molar-refractivity contribution in [3.8, 4) is 28.7 Å². The average molecular weight is 493 g/mol. The lowest BCUT2D eigenvalue weighted by atomic mass is 9.77. The number of benzene rings is 2. The largest absolute Gasteiger partial charge is 0.497 e. The molecule has 0 fully saturated rings. The third-order valence-electron chi connectivity index (χ3n) is 6.75. The van der Waals surface area contributed by atoms with Crippen LogP contribution in [0.25, 0.3) is 0 Å². The summed E-state index contributed by atoms with van der Waals surface area (Å²) in [6.45, 7) is 0. The minimum atomic E-state index is -0.503. The van der Waals surface area contributed by atoms with Gasteiger partial charge in [-0.15, -0.1) is 0 Å². The monoisotopic (exact) mass is 492 g/mol. The second-order valence-corrected chi connectivity index (χ2v) is 8.54. The molecule has 188 valence electrons. The quantitative estimate of drug-likeness (QED) is 0.528. The summed E-state index contributed by atoms with van der Waals surface area (Å²) in [6, 6.07) is 8.83. The summed E-state index contributed by atoms with van der Waals surface area (Å²) < 4.78 is 29.4. The number of nitrogens with one attached hydrogen (secondary N) is 1. The van der Waals surface area contributed by atoms with Crippen LogP contribution in [-0.2, 0) is 4.79 Å². The average Bonchev–Trinajstić information content (AvgIpc) is 3.38. The van der Waals surface area contributed by atoms with E-state index in [2.05, 4.69) is 15.4 Å². The maximum absolute atomic E-state index is 13.8. The first-order valence-corrected chi connectivity index (χ1v) is 11.5. The molecule has 36 heavy (non-hydrogen) atoms. The van der Waals surface area contributed by atoms with Gasteiger partial charge in [0.05, 0.1) is 35.5 Å². The van der Waals surface area contributed by atoms with Crippen molar-refractivity contribution >= 4 is 11.7 Å². The number of carbonyl (C=O) groups excluding carboxylic acids is 1. The van der Waals surface area contributed by atoms with Gasteiger partial charge < -0.3 is 29.0 Å². The molecule has 0 radical (unpaired) electrons. The van der Waals surface area contributed by atoms with Crippen LogP contribution in [0.1, 0.15) is 35.9 Å². The number of anilines is 1. The van der Waals surface area contributed by atoms with E-state index < -0.39 is 6.04 Å². The fourth-order valence-corrected chi connectivity index (χ4v) is 5.07. The van der Waals surface area contributed by atoms with E-state index in [1.165, 1.54) is 6.33 Å². The molecule has 0 saturated carbocycles. The zero-order chi connectivity index (χ0) is 25.4. The predicted octanol–water partition coefficient (Wildman–Crippen LogP) is 3.74. The fourth-order valence-electron chi connectivity index (χ4n) is 5.07. The highest BCUT2D eigenvalue weighted by Crippen LogP contribution is 2.48.